The lowest BCUT2D eigenvalue weighted by Crippen LogP contribution is -2.36. The molecule has 0 aliphatic rings. The molecule has 138 valence electrons. The maximum Gasteiger partial charge on any atom is 0.191 e. The van der Waals surface area contributed by atoms with E-state index in [0.29, 0.717) is 19.7 Å². The highest BCUT2D eigenvalue weighted by atomic mass is 127. The van der Waals surface area contributed by atoms with E-state index in [1.54, 1.807) is 18.4 Å². The molecule has 0 amide bonds. The number of aromatic nitrogens is 1. The van der Waals surface area contributed by atoms with E-state index in [1.165, 1.54) is 16.0 Å². The van der Waals surface area contributed by atoms with Crippen molar-refractivity contribution in [2.45, 2.75) is 40.0 Å². The van der Waals surface area contributed by atoms with Gasteiger partial charge in [0.2, 0.25) is 0 Å². The van der Waals surface area contributed by atoms with E-state index in [-0.39, 0.29) is 24.0 Å². The Labute approximate surface area is 171 Å². The zero-order valence-corrected chi connectivity index (χ0v) is 18.2. The number of aliphatic imine (C=N–C) groups is 1. The molecule has 0 unspecified atom stereocenters. The molecule has 0 bridgehead atoms. The lowest BCUT2D eigenvalue weighted by atomic mass is 10.1. The summed E-state index contributed by atoms with van der Waals surface area (Å²) in [4.78, 5) is 10.00. The quantitative estimate of drug-likeness (QED) is 0.348. The van der Waals surface area contributed by atoms with Crippen molar-refractivity contribution in [1.29, 1.82) is 0 Å². The van der Waals surface area contributed by atoms with Gasteiger partial charge in [-0.2, -0.15) is 0 Å². The Hall–Kier alpha value is -1.19. The van der Waals surface area contributed by atoms with Crippen molar-refractivity contribution in [1.82, 2.24) is 15.6 Å². The van der Waals surface area contributed by atoms with E-state index in [0.717, 1.165) is 24.0 Å². The minimum absolute atomic E-state index is 0. The summed E-state index contributed by atoms with van der Waals surface area (Å²) in [6, 6.07) is 8.30. The number of hydrogen-bond acceptors (Lipinski definition) is 4. The Bertz CT molecular complexity index is 660. The first-order chi connectivity index (χ1) is 11.8. The Morgan fingerprint density at radius 1 is 1.16 bits per heavy atom. The van der Waals surface area contributed by atoms with Crippen LogP contribution >= 0.6 is 35.3 Å². The number of hydrogen-bond donors (Lipinski definition) is 2. The van der Waals surface area contributed by atoms with Gasteiger partial charge < -0.3 is 15.4 Å². The molecule has 0 aliphatic heterocycles. The van der Waals surface area contributed by atoms with E-state index in [2.05, 4.69) is 39.7 Å². The zero-order valence-electron chi connectivity index (χ0n) is 15.0. The van der Waals surface area contributed by atoms with E-state index < -0.39 is 0 Å². The van der Waals surface area contributed by atoms with E-state index in [9.17, 15) is 0 Å². The number of aryl methyl sites for hydroxylation is 1. The second kappa shape index (κ2) is 12.2. The summed E-state index contributed by atoms with van der Waals surface area (Å²) in [5, 5.41) is 7.74. The molecule has 2 aromatic rings. The second-order valence-corrected chi connectivity index (χ2v) is 6.46. The van der Waals surface area contributed by atoms with Crippen LogP contribution in [0.2, 0.25) is 0 Å². The van der Waals surface area contributed by atoms with Crippen LogP contribution < -0.4 is 10.6 Å². The highest BCUT2D eigenvalue weighted by Crippen LogP contribution is 2.13. The Balaban J connectivity index is 0.00000312. The van der Waals surface area contributed by atoms with Gasteiger partial charge in [0.05, 0.1) is 13.2 Å². The lowest BCUT2D eigenvalue weighted by molar-refractivity contribution is 0.133. The van der Waals surface area contributed by atoms with Crippen LogP contribution in [0.3, 0.4) is 0 Å². The normalized spacial score (nSPS) is 11.1. The van der Waals surface area contributed by atoms with Gasteiger partial charge in [-0.1, -0.05) is 31.2 Å². The standard InChI is InChI=1S/C18H26N4OS.HI/c1-4-16-11-20-17(24-16)12-22-18(19-3)21-10-14-8-6-7-9-15(14)13-23-5-2;/h6-9,11H,4-5,10,12-13H2,1-3H3,(H2,19,21,22);1H. The van der Waals surface area contributed by atoms with Crippen LogP contribution in [0.25, 0.3) is 0 Å². The molecular weight excluding hydrogens is 447 g/mol. The number of nitrogens with zero attached hydrogens (tertiary/aromatic N) is 2. The number of ether oxygens (including phenoxy) is 1. The Morgan fingerprint density at radius 2 is 1.88 bits per heavy atom. The minimum atomic E-state index is 0. The number of nitrogens with one attached hydrogen (secondary N) is 2. The number of rotatable bonds is 8. The average molecular weight is 474 g/mol. The Morgan fingerprint density at radius 3 is 2.52 bits per heavy atom. The molecule has 0 spiro atoms. The van der Waals surface area contributed by atoms with Gasteiger partial charge in [0.15, 0.2) is 5.96 Å². The summed E-state index contributed by atoms with van der Waals surface area (Å²) in [6.07, 6.45) is 2.98. The van der Waals surface area contributed by atoms with Gasteiger partial charge in [-0.05, 0) is 24.5 Å². The van der Waals surface area contributed by atoms with E-state index in [1.807, 2.05) is 25.3 Å². The van der Waals surface area contributed by atoms with Crippen LogP contribution in [0.4, 0.5) is 0 Å². The van der Waals surface area contributed by atoms with Crippen molar-refractivity contribution in [2.75, 3.05) is 13.7 Å². The molecule has 1 aromatic carbocycles. The highest BCUT2D eigenvalue weighted by Gasteiger charge is 2.05. The third-order valence-electron chi connectivity index (χ3n) is 3.61. The van der Waals surface area contributed by atoms with Crippen LogP contribution in [-0.2, 0) is 30.9 Å². The maximum atomic E-state index is 5.53. The number of benzene rings is 1. The molecule has 2 rings (SSSR count). The fourth-order valence-electron chi connectivity index (χ4n) is 2.23. The fraction of sp³-hybridized carbons (Fsp3) is 0.444. The van der Waals surface area contributed by atoms with Crippen molar-refractivity contribution in [3.63, 3.8) is 0 Å². The van der Waals surface area contributed by atoms with Gasteiger partial charge in [-0.25, -0.2) is 4.98 Å². The summed E-state index contributed by atoms with van der Waals surface area (Å²) in [5.41, 5.74) is 2.42. The molecule has 0 atom stereocenters. The summed E-state index contributed by atoms with van der Waals surface area (Å²) < 4.78 is 5.53. The van der Waals surface area contributed by atoms with Crippen LogP contribution in [0.15, 0.2) is 35.5 Å². The smallest absolute Gasteiger partial charge is 0.191 e. The predicted molar refractivity (Wildman–Crippen MR) is 116 cm³/mol. The second-order valence-electron chi connectivity index (χ2n) is 5.26. The topological polar surface area (TPSA) is 58.5 Å². The summed E-state index contributed by atoms with van der Waals surface area (Å²) >= 11 is 1.74. The monoisotopic (exact) mass is 474 g/mol. The first-order valence-corrected chi connectivity index (χ1v) is 9.11. The van der Waals surface area contributed by atoms with Crippen molar-refractivity contribution >= 4 is 41.3 Å². The predicted octanol–water partition coefficient (Wildman–Crippen LogP) is 3.73. The van der Waals surface area contributed by atoms with Crippen LogP contribution in [0.1, 0.15) is 34.9 Å². The molecule has 0 aliphatic carbocycles. The fourth-order valence-corrected chi connectivity index (χ4v) is 3.04. The Kier molecular flexibility index (Phi) is 10.7. The van der Waals surface area contributed by atoms with Gasteiger partial charge in [0, 0.05) is 31.3 Å². The number of guanidine groups is 1. The van der Waals surface area contributed by atoms with E-state index >= 15 is 0 Å². The van der Waals surface area contributed by atoms with Crippen molar-refractivity contribution < 1.29 is 4.74 Å². The zero-order chi connectivity index (χ0) is 17.2. The van der Waals surface area contributed by atoms with Crippen LogP contribution in [-0.4, -0.2) is 24.6 Å². The van der Waals surface area contributed by atoms with Gasteiger partial charge in [0.1, 0.15) is 5.01 Å². The number of halogens is 1. The minimum Gasteiger partial charge on any atom is -0.377 e. The first kappa shape index (κ1) is 21.9. The molecule has 7 heteroatoms. The third-order valence-corrected chi connectivity index (χ3v) is 4.75. The number of thiazole rings is 1. The lowest BCUT2D eigenvalue weighted by Gasteiger charge is -2.13. The molecule has 0 radical (unpaired) electrons. The molecule has 25 heavy (non-hydrogen) atoms. The van der Waals surface area contributed by atoms with Gasteiger partial charge in [-0.15, -0.1) is 35.3 Å². The summed E-state index contributed by atoms with van der Waals surface area (Å²) in [5.74, 6) is 0.773. The molecule has 2 N–H and O–H groups in total. The van der Waals surface area contributed by atoms with Gasteiger partial charge in [0.25, 0.3) is 0 Å². The maximum absolute atomic E-state index is 5.53. The van der Waals surface area contributed by atoms with Gasteiger partial charge >= 0.3 is 0 Å². The SMILES string of the molecule is CCOCc1ccccc1CNC(=NC)NCc1ncc(CC)s1.I. The van der Waals surface area contributed by atoms with E-state index in [4.69, 9.17) is 4.74 Å². The molecule has 0 saturated carbocycles. The summed E-state index contributed by atoms with van der Waals surface area (Å²) in [7, 11) is 1.78. The largest absolute Gasteiger partial charge is 0.377 e. The highest BCUT2D eigenvalue weighted by molar-refractivity contribution is 14.0. The van der Waals surface area contributed by atoms with Crippen LogP contribution in [0.5, 0.6) is 0 Å². The molecule has 1 aromatic heterocycles. The molecule has 1 heterocycles. The average Bonchev–Trinajstić information content (AvgIpc) is 3.09. The molecule has 0 saturated heterocycles. The third kappa shape index (κ3) is 7.29. The molecular formula is C18H27IN4OS. The summed E-state index contributed by atoms with van der Waals surface area (Å²) in [6.45, 7) is 6.91. The van der Waals surface area contributed by atoms with Crippen LogP contribution in [0, 0.1) is 0 Å². The molecule has 0 fully saturated rings. The van der Waals surface area contributed by atoms with Crippen molar-refractivity contribution in [3.8, 4) is 0 Å². The van der Waals surface area contributed by atoms with Gasteiger partial charge in [-0.3, -0.25) is 4.99 Å². The van der Waals surface area contributed by atoms with Crippen molar-refractivity contribution in [2.24, 2.45) is 4.99 Å². The first-order valence-electron chi connectivity index (χ1n) is 8.29. The van der Waals surface area contributed by atoms with Crippen molar-refractivity contribution in [3.05, 3.63) is 51.5 Å². The molecule has 5 nitrogen and oxygen atoms in total.